The van der Waals surface area contributed by atoms with Gasteiger partial charge in [0.25, 0.3) is 0 Å². The van der Waals surface area contributed by atoms with Crippen LogP contribution in [0, 0.1) is 17.2 Å². The molecule has 0 bridgehead atoms. The van der Waals surface area contributed by atoms with E-state index in [0.717, 1.165) is 11.8 Å². The number of hydrogen-bond donors (Lipinski definition) is 2. The number of benzene rings is 1. The molecule has 0 spiro atoms. The van der Waals surface area contributed by atoms with Crippen molar-refractivity contribution in [3.8, 4) is 11.8 Å². The highest BCUT2D eigenvalue weighted by Gasteiger charge is 2.44. The minimum absolute atomic E-state index is 0.0522. The van der Waals surface area contributed by atoms with Crippen molar-refractivity contribution in [3.63, 3.8) is 0 Å². The number of carbonyl (C=O) groups excluding carboxylic acids is 3. The van der Waals surface area contributed by atoms with Crippen LogP contribution in [0.15, 0.2) is 56.1 Å². The minimum atomic E-state index is -1.26. The zero-order valence-electron chi connectivity index (χ0n) is 17.7. The molecule has 0 unspecified atom stereocenters. The summed E-state index contributed by atoms with van der Waals surface area (Å²) in [4.78, 5) is 37.6. The van der Waals surface area contributed by atoms with Crippen LogP contribution in [0.25, 0.3) is 0 Å². The number of methoxy groups -OCH3 is 2. The Morgan fingerprint density at radius 2 is 2.12 bits per heavy atom. The second-order valence-electron chi connectivity index (χ2n) is 6.86. The Hall–Kier alpha value is -3.23. The highest BCUT2D eigenvalue weighted by atomic mass is 79.9. The van der Waals surface area contributed by atoms with Crippen molar-refractivity contribution in [2.75, 3.05) is 20.0 Å². The van der Waals surface area contributed by atoms with Gasteiger partial charge in [0.2, 0.25) is 11.8 Å². The van der Waals surface area contributed by atoms with Crippen molar-refractivity contribution >= 4 is 45.5 Å². The number of nitrogens with one attached hydrogen (secondary N) is 2. The number of furan rings is 1. The number of thioether (sulfide) groups is 1. The molecular formula is C22H20BrN3O6S. The average molecular weight is 534 g/mol. The van der Waals surface area contributed by atoms with Crippen LogP contribution < -0.4 is 15.4 Å². The van der Waals surface area contributed by atoms with Gasteiger partial charge in [0.1, 0.15) is 17.4 Å². The van der Waals surface area contributed by atoms with E-state index in [-0.39, 0.29) is 28.8 Å². The third-order valence-electron chi connectivity index (χ3n) is 4.91. The quantitative estimate of drug-likeness (QED) is 0.391. The number of esters is 1. The number of ether oxygens (including phenoxy) is 2. The van der Waals surface area contributed by atoms with Crippen LogP contribution in [0.4, 0.5) is 0 Å². The molecule has 0 fully saturated rings. The molecule has 0 radical (unpaired) electrons. The molecule has 0 saturated heterocycles. The largest absolute Gasteiger partial charge is 0.496 e. The molecule has 2 amide bonds. The SMILES string of the molecule is COC(=O)[C@@H]1C(=O)NC(SCC(=O)NCc2ccco2)=C(C#N)[C@H]1c1ccc(OC)c(Br)c1. The molecule has 0 saturated carbocycles. The van der Waals surface area contributed by atoms with Crippen LogP contribution in [-0.4, -0.2) is 37.8 Å². The molecule has 2 atom stereocenters. The summed E-state index contributed by atoms with van der Waals surface area (Å²) in [6.45, 7) is 0.218. The first kappa shape index (κ1) is 24.4. The summed E-state index contributed by atoms with van der Waals surface area (Å²) in [6, 6.07) is 10.6. The van der Waals surface area contributed by atoms with Crippen molar-refractivity contribution < 1.29 is 28.3 Å². The van der Waals surface area contributed by atoms with Crippen LogP contribution in [0.5, 0.6) is 5.75 Å². The zero-order valence-corrected chi connectivity index (χ0v) is 20.1. The fraction of sp³-hybridized carbons (Fsp3) is 0.273. The molecule has 33 heavy (non-hydrogen) atoms. The fourth-order valence-electron chi connectivity index (χ4n) is 3.34. The maximum absolute atomic E-state index is 12.9. The number of amides is 2. The van der Waals surface area contributed by atoms with E-state index in [2.05, 4.69) is 32.6 Å². The first-order valence-corrected chi connectivity index (χ1v) is 11.5. The Labute approximate surface area is 202 Å². The molecule has 2 heterocycles. The Kier molecular flexibility index (Phi) is 8.19. The van der Waals surface area contributed by atoms with Crippen LogP contribution in [0.3, 0.4) is 0 Å². The molecule has 2 N–H and O–H groups in total. The van der Waals surface area contributed by atoms with Crippen molar-refractivity contribution in [3.05, 3.63) is 63.0 Å². The summed E-state index contributed by atoms with van der Waals surface area (Å²) in [7, 11) is 2.69. The Bertz CT molecular complexity index is 1130. The average Bonchev–Trinajstić information content (AvgIpc) is 3.34. The van der Waals surface area contributed by atoms with E-state index >= 15 is 0 Å². The normalized spacial score (nSPS) is 17.7. The standard InChI is InChI=1S/C22H20BrN3O6S/c1-30-16-6-5-12(8-15(16)23)18-14(9-24)21(26-20(28)19(18)22(29)31-2)33-11-17(27)25-10-13-4-3-7-32-13/h3-8,18-19H,10-11H2,1-2H3,(H,25,27)(H,26,28)/t18-,19+/m1/s1. The molecule has 1 aromatic heterocycles. The minimum Gasteiger partial charge on any atom is -0.496 e. The first-order chi connectivity index (χ1) is 15.9. The third kappa shape index (κ3) is 5.58. The van der Waals surface area contributed by atoms with Gasteiger partial charge in [-0.15, -0.1) is 0 Å². The smallest absolute Gasteiger partial charge is 0.319 e. The second-order valence-corrected chi connectivity index (χ2v) is 8.70. The van der Waals surface area contributed by atoms with Gasteiger partial charge in [0.05, 0.1) is 53.9 Å². The number of nitrogens with zero attached hydrogens (tertiary/aromatic N) is 1. The van der Waals surface area contributed by atoms with E-state index in [1.54, 1.807) is 30.3 Å². The van der Waals surface area contributed by atoms with Crippen molar-refractivity contribution in [1.82, 2.24) is 10.6 Å². The van der Waals surface area contributed by atoms with Crippen LogP contribution in [0.2, 0.25) is 0 Å². The monoisotopic (exact) mass is 533 g/mol. The van der Waals surface area contributed by atoms with E-state index in [9.17, 15) is 19.6 Å². The lowest BCUT2D eigenvalue weighted by atomic mass is 9.78. The van der Waals surface area contributed by atoms with Crippen LogP contribution >= 0.6 is 27.7 Å². The van der Waals surface area contributed by atoms with Gasteiger partial charge in [-0.2, -0.15) is 5.26 Å². The summed E-state index contributed by atoms with van der Waals surface area (Å²) < 4.78 is 15.8. The lowest BCUT2D eigenvalue weighted by Gasteiger charge is -2.31. The Morgan fingerprint density at radius 3 is 2.73 bits per heavy atom. The van der Waals surface area contributed by atoms with E-state index in [1.165, 1.54) is 20.5 Å². The van der Waals surface area contributed by atoms with Crippen molar-refractivity contribution in [1.29, 1.82) is 5.26 Å². The summed E-state index contributed by atoms with van der Waals surface area (Å²) in [5.74, 6) is -2.75. The van der Waals surface area contributed by atoms with Gasteiger partial charge < -0.3 is 24.5 Å². The third-order valence-corrected chi connectivity index (χ3v) is 6.54. The van der Waals surface area contributed by atoms with E-state index in [0.29, 0.717) is 21.5 Å². The molecular weight excluding hydrogens is 514 g/mol. The van der Waals surface area contributed by atoms with Crippen LogP contribution in [-0.2, 0) is 25.7 Å². The molecule has 3 rings (SSSR count). The molecule has 9 nitrogen and oxygen atoms in total. The van der Waals surface area contributed by atoms with E-state index in [1.807, 2.05) is 0 Å². The maximum Gasteiger partial charge on any atom is 0.319 e. The molecule has 1 aliphatic rings. The Morgan fingerprint density at radius 1 is 1.33 bits per heavy atom. The van der Waals surface area contributed by atoms with Gasteiger partial charge in [-0.25, -0.2) is 0 Å². The number of hydrogen-bond acceptors (Lipinski definition) is 8. The summed E-state index contributed by atoms with van der Waals surface area (Å²) in [6.07, 6.45) is 1.51. The molecule has 1 aliphatic heterocycles. The number of carbonyl (C=O) groups is 3. The highest BCUT2D eigenvalue weighted by Crippen LogP contribution is 2.42. The maximum atomic E-state index is 12.9. The van der Waals surface area contributed by atoms with Gasteiger partial charge in [0.15, 0.2) is 0 Å². The first-order valence-electron chi connectivity index (χ1n) is 9.67. The van der Waals surface area contributed by atoms with E-state index in [4.69, 9.17) is 13.9 Å². The Balaban J connectivity index is 1.89. The van der Waals surface area contributed by atoms with Gasteiger partial charge >= 0.3 is 5.97 Å². The van der Waals surface area contributed by atoms with Gasteiger partial charge in [-0.05, 0) is 45.8 Å². The second kappa shape index (κ2) is 11.1. The summed E-state index contributed by atoms with van der Waals surface area (Å²) in [5.41, 5.74) is 0.704. The number of rotatable bonds is 8. The lowest BCUT2D eigenvalue weighted by molar-refractivity contribution is -0.150. The topological polar surface area (TPSA) is 131 Å². The molecule has 172 valence electrons. The van der Waals surface area contributed by atoms with Crippen molar-refractivity contribution in [2.24, 2.45) is 5.92 Å². The predicted octanol–water partition coefficient (Wildman–Crippen LogP) is 2.84. The summed E-state index contributed by atoms with van der Waals surface area (Å²) in [5, 5.41) is 15.4. The number of halogens is 1. The van der Waals surface area contributed by atoms with Gasteiger partial charge in [0, 0.05) is 5.92 Å². The molecule has 0 aliphatic carbocycles. The van der Waals surface area contributed by atoms with Crippen molar-refractivity contribution in [2.45, 2.75) is 12.5 Å². The van der Waals surface area contributed by atoms with Crippen LogP contribution in [0.1, 0.15) is 17.2 Å². The lowest BCUT2D eigenvalue weighted by Crippen LogP contribution is -2.44. The number of nitriles is 1. The number of allylic oxidation sites excluding steroid dienone is 1. The zero-order chi connectivity index (χ0) is 24.0. The van der Waals surface area contributed by atoms with E-state index < -0.39 is 23.7 Å². The predicted molar refractivity (Wildman–Crippen MR) is 123 cm³/mol. The van der Waals surface area contributed by atoms with Gasteiger partial charge in [-0.3, -0.25) is 14.4 Å². The van der Waals surface area contributed by atoms with Gasteiger partial charge in [-0.1, -0.05) is 17.8 Å². The molecule has 2 aromatic rings. The summed E-state index contributed by atoms with van der Waals surface area (Å²) >= 11 is 4.40. The highest BCUT2D eigenvalue weighted by molar-refractivity contribution is 9.10. The molecule has 1 aromatic carbocycles. The fourth-order valence-corrected chi connectivity index (χ4v) is 4.78. The molecule has 11 heteroatoms.